The van der Waals surface area contributed by atoms with Gasteiger partial charge in [0.05, 0.1) is 17.9 Å². The fourth-order valence-corrected chi connectivity index (χ4v) is 7.07. The molecule has 0 saturated carbocycles. The van der Waals surface area contributed by atoms with Crippen molar-refractivity contribution in [2.45, 2.75) is 55.7 Å². The molecule has 3 heterocycles. The second kappa shape index (κ2) is 9.43. The van der Waals surface area contributed by atoms with Crippen molar-refractivity contribution < 1.29 is 29.3 Å². The summed E-state index contributed by atoms with van der Waals surface area (Å²) in [7, 11) is 0. The van der Waals surface area contributed by atoms with Crippen LogP contribution in [0.15, 0.2) is 30.9 Å². The molecule has 6 atom stereocenters. The average Bonchev–Trinajstić information content (AvgIpc) is 3.36. The lowest BCUT2D eigenvalue weighted by Gasteiger charge is -2.37. The summed E-state index contributed by atoms with van der Waals surface area (Å²) in [4.78, 5) is 43.1. The van der Waals surface area contributed by atoms with Gasteiger partial charge in [-0.3, -0.25) is 14.4 Å². The SMILES string of the molecule is C=CCN(C(=O)[C@H]1N(CCCCO)C(=O)[C@@H]2[C@@H](C(=O)O)[C@@H]3O[C@@]21CC3Br)c1c(C)cccc1C. The Morgan fingerprint density at radius 2 is 2.00 bits per heavy atom. The molecule has 3 fully saturated rings. The third-order valence-corrected chi connectivity index (χ3v) is 8.25. The number of unbranched alkanes of at least 4 members (excludes halogenated alkanes) is 1. The molecule has 1 aromatic carbocycles. The Hall–Kier alpha value is -2.23. The number of nitrogens with zero attached hydrogens (tertiary/aromatic N) is 2. The van der Waals surface area contributed by atoms with E-state index in [1.54, 1.807) is 11.0 Å². The van der Waals surface area contributed by atoms with Crippen molar-refractivity contribution in [1.29, 1.82) is 0 Å². The molecular formula is C25H31BrN2O6. The molecule has 8 nitrogen and oxygen atoms in total. The molecule has 0 radical (unpaired) electrons. The average molecular weight is 535 g/mol. The molecule has 9 heteroatoms. The minimum atomic E-state index is -1.22. The molecule has 1 aromatic rings. The molecule has 3 aliphatic heterocycles. The van der Waals surface area contributed by atoms with Crippen molar-refractivity contribution >= 4 is 39.4 Å². The number of carboxylic acid groups (broad SMARTS) is 1. The van der Waals surface area contributed by atoms with Gasteiger partial charge in [-0.2, -0.15) is 0 Å². The van der Waals surface area contributed by atoms with Crippen molar-refractivity contribution in [3.05, 3.63) is 42.0 Å². The highest BCUT2D eigenvalue weighted by Gasteiger charge is 2.76. The molecule has 3 aliphatic rings. The zero-order valence-corrected chi connectivity index (χ0v) is 21.0. The number of likely N-dealkylation sites (tertiary alicyclic amines) is 1. The van der Waals surface area contributed by atoms with E-state index in [-0.39, 0.29) is 36.3 Å². The third-order valence-electron chi connectivity index (χ3n) is 7.40. The Labute approximate surface area is 207 Å². The highest BCUT2D eigenvalue weighted by Crippen LogP contribution is 2.60. The van der Waals surface area contributed by atoms with E-state index in [1.807, 2.05) is 32.0 Å². The number of halogens is 1. The zero-order valence-electron chi connectivity index (χ0n) is 19.4. The van der Waals surface area contributed by atoms with E-state index in [2.05, 4.69) is 22.5 Å². The molecule has 3 saturated heterocycles. The lowest BCUT2D eigenvalue weighted by molar-refractivity contribution is -0.149. The van der Waals surface area contributed by atoms with Gasteiger partial charge in [0, 0.05) is 30.2 Å². The van der Waals surface area contributed by atoms with Crippen molar-refractivity contribution in [2.24, 2.45) is 11.8 Å². The summed E-state index contributed by atoms with van der Waals surface area (Å²) >= 11 is 3.56. The number of aryl methyl sites for hydroxylation is 2. The van der Waals surface area contributed by atoms with Gasteiger partial charge in [-0.1, -0.05) is 40.2 Å². The number of amides is 2. The number of carbonyl (C=O) groups excluding carboxylic acids is 2. The Morgan fingerprint density at radius 1 is 1.32 bits per heavy atom. The summed E-state index contributed by atoms with van der Waals surface area (Å²) < 4.78 is 6.32. The van der Waals surface area contributed by atoms with Gasteiger partial charge in [-0.15, -0.1) is 6.58 Å². The number of aliphatic hydroxyl groups excluding tert-OH is 1. The minimum Gasteiger partial charge on any atom is -0.481 e. The van der Waals surface area contributed by atoms with Gasteiger partial charge in [-0.05, 0) is 44.2 Å². The van der Waals surface area contributed by atoms with E-state index in [9.17, 15) is 24.6 Å². The highest BCUT2D eigenvalue weighted by molar-refractivity contribution is 9.09. The fraction of sp³-hybridized carbons (Fsp3) is 0.560. The molecule has 4 rings (SSSR count). The van der Waals surface area contributed by atoms with Crippen LogP contribution in [0, 0.1) is 25.7 Å². The summed E-state index contributed by atoms with van der Waals surface area (Å²) in [5.41, 5.74) is 1.37. The normalized spacial score (nSPS) is 31.6. The van der Waals surface area contributed by atoms with Gasteiger partial charge in [-0.25, -0.2) is 0 Å². The molecular weight excluding hydrogens is 504 g/mol. The van der Waals surface area contributed by atoms with Crippen LogP contribution in [0.3, 0.4) is 0 Å². The first-order valence-corrected chi connectivity index (χ1v) is 12.6. The first kappa shape index (κ1) is 24.9. The predicted octanol–water partition coefficient (Wildman–Crippen LogP) is 2.43. The van der Waals surface area contributed by atoms with Crippen LogP contribution < -0.4 is 4.90 Å². The van der Waals surface area contributed by atoms with Crippen molar-refractivity contribution in [3.8, 4) is 0 Å². The molecule has 0 aromatic heterocycles. The smallest absolute Gasteiger partial charge is 0.310 e. The Bertz CT molecular complexity index is 995. The monoisotopic (exact) mass is 534 g/mol. The summed E-state index contributed by atoms with van der Waals surface area (Å²) in [6.45, 7) is 8.15. The Balaban J connectivity index is 1.82. The maximum absolute atomic E-state index is 14.3. The molecule has 0 aliphatic carbocycles. The quantitative estimate of drug-likeness (QED) is 0.286. The summed E-state index contributed by atoms with van der Waals surface area (Å²) in [5.74, 6) is -3.68. The van der Waals surface area contributed by atoms with Gasteiger partial charge < -0.3 is 24.7 Å². The molecule has 1 unspecified atom stereocenters. The Morgan fingerprint density at radius 3 is 2.59 bits per heavy atom. The molecule has 1 spiro atoms. The van der Waals surface area contributed by atoms with Crippen molar-refractivity contribution in [2.75, 3.05) is 24.6 Å². The van der Waals surface area contributed by atoms with Crippen LogP contribution in [0.2, 0.25) is 0 Å². The van der Waals surface area contributed by atoms with Crippen LogP contribution in [0.5, 0.6) is 0 Å². The maximum Gasteiger partial charge on any atom is 0.310 e. The van der Waals surface area contributed by atoms with E-state index < -0.39 is 35.6 Å². The number of anilines is 1. The molecule has 2 bridgehead atoms. The molecule has 184 valence electrons. The molecule has 2 N–H and O–H groups in total. The Kier molecular flexibility index (Phi) is 6.90. The number of rotatable bonds is 9. The second-order valence-corrected chi connectivity index (χ2v) is 10.6. The fourth-order valence-electron chi connectivity index (χ4n) is 6.13. The van der Waals surface area contributed by atoms with Crippen LogP contribution in [0.4, 0.5) is 5.69 Å². The number of alkyl halides is 1. The van der Waals surface area contributed by atoms with Crippen LogP contribution in [0.25, 0.3) is 0 Å². The summed E-state index contributed by atoms with van der Waals surface area (Å²) in [6, 6.07) is 4.82. The van der Waals surface area contributed by atoms with E-state index >= 15 is 0 Å². The number of carboxylic acids is 1. The third kappa shape index (κ3) is 3.69. The topological polar surface area (TPSA) is 107 Å². The molecule has 2 amide bonds. The van der Waals surface area contributed by atoms with Crippen molar-refractivity contribution in [3.63, 3.8) is 0 Å². The van der Waals surface area contributed by atoms with E-state index in [0.29, 0.717) is 19.3 Å². The molecule has 34 heavy (non-hydrogen) atoms. The largest absolute Gasteiger partial charge is 0.481 e. The first-order chi connectivity index (χ1) is 16.2. The standard InChI is InChI=1S/C25H31BrN2O6/c1-4-10-27(19-14(2)8-7-9-15(19)3)23(31)21-25-13-16(26)20(34-25)17(24(32)33)18(25)22(30)28(21)11-5-6-12-29/h4,7-9,16-18,20-21,29H,1,5-6,10-13H2,2-3H3,(H,32,33)/t16?,17-,18+,20-,21-,25+/m1/s1. The lowest BCUT2D eigenvalue weighted by Crippen LogP contribution is -2.57. The number of aliphatic hydroxyl groups is 1. The second-order valence-electron chi connectivity index (χ2n) is 9.44. The van der Waals surface area contributed by atoms with Crippen LogP contribution >= 0.6 is 15.9 Å². The van der Waals surface area contributed by atoms with Crippen LogP contribution in [-0.2, 0) is 19.1 Å². The number of aliphatic carboxylic acids is 1. The van der Waals surface area contributed by atoms with Crippen LogP contribution in [0.1, 0.15) is 30.4 Å². The van der Waals surface area contributed by atoms with E-state index in [0.717, 1.165) is 16.8 Å². The first-order valence-electron chi connectivity index (χ1n) is 11.6. The minimum absolute atomic E-state index is 0.0278. The van der Waals surface area contributed by atoms with Gasteiger partial charge >= 0.3 is 5.97 Å². The number of ether oxygens (including phenoxy) is 1. The van der Waals surface area contributed by atoms with Gasteiger partial charge in [0.2, 0.25) is 5.91 Å². The van der Waals surface area contributed by atoms with Crippen LogP contribution in [-0.4, -0.2) is 75.2 Å². The van der Waals surface area contributed by atoms with Gasteiger partial charge in [0.15, 0.2) is 0 Å². The number of fused-ring (bicyclic) bond motifs is 1. The number of hydrogen-bond acceptors (Lipinski definition) is 5. The van der Waals surface area contributed by atoms with E-state index in [1.165, 1.54) is 4.90 Å². The van der Waals surface area contributed by atoms with Crippen molar-refractivity contribution in [1.82, 2.24) is 4.90 Å². The van der Waals surface area contributed by atoms with Gasteiger partial charge in [0.1, 0.15) is 11.6 Å². The zero-order chi connectivity index (χ0) is 24.8. The lowest BCUT2D eigenvalue weighted by atomic mass is 9.70. The number of carbonyl (C=O) groups is 3. The van der Waals surface area contributed by atoms with Gasteiger partial charge in [0.25, 0.3) is 5.91 Å². The predicted molar refractivity (Wildman–Crippen MR) is 130 cm³/mol. The van der Waals surface area contributed by atoms with E-state index in [4.69, 9.17) is 4.74 Å². The summed E-state index contributed by atoms with van der Waals surface area (Å²) in [5, 5.41) is 19.2. The highest BCUT2D eigenvalue weighted by atomic mass is 79.9. The maximum atomic E-state index is 14.3. The summed E-state index contributed by atoms with van der Waals surface area (Å²) in [6.07, 6.45) is 2.32. The number of benzene rings is 1. The number of hydrogen-bond donors (Lipinski definition) is 2. The number of para-hydroxylation sites is 1.